The van der Waals surface area contributed by atoms with Crippen LogP contribution in [-0.2, 0) is 0 Å². The van der Waals surface area contributed by atoms with Gasteiger partial charge in [-0.25, -0.2) is 4.68 Å². The predicted molar refractivity (Wildman–Crippen MR) is 88.3 cm³/mol. The monoisotopic (exact) mass is 312 g/mol. The average molecular weight is 312 g/mol. The molecule has 1 aromatic heterocycles. The number of nitrogens with two attached hydrogens (primary N) is 3. The van der Waals surface area contributed by atoms with Gasteiger partial charge in [-0.1, -0.05) is 12.1 Å². The molecule has 0 fully saturated rings. The molecule has 0 spiro atoms. The largest absolute Gasteiger partial charge is 0.383 e. The summed E-state index contributed by atoms with van der Waals surface area (Å²) in [4.78, 5) is 25.8. The highest BCUT2D eigenvalue weighted by Crippen LogP contribution is 2.30. The fourth-order valence-corrected chi connectivity index (χ4v) is 2.28. The standard InChI is InChI=1S/C15H16N6O2/c1-20(2)9-5-3-8(4-6-9)11-10(7-16)15(23)21(19)13(17)12(11)14(18)22/h3-6H,17,19H2,1-2H3,(H2,18,22). The van der Waals surface area contributed by atoms with Crippen molar-refractivity contribution in [2.24, 2.45) is 5.73 Å². The number of carbonyl (C=O) groups is 1. The van der Waals surface area contributed by atoms with Gasteiger partial charge >= 0.3 is 0 Å². The van der Waals surface area contributed by atoms with Gasteiger partial charge in [-0.2, -0.15) is 5.26 Å². The van der Waals surface area contributed by atoms with Crippen molar-refractivity contribution in [1.29, 1.82) is 5.26 Å². The number of benzene rings is 1. The molecule has 0 bridgehead atoms. The van der Waals surface area contributed by atoms with Crippen molar-refractivity contribution in [3.05, 3.63) is 45.7 Å². The number of carbonyl (C=O) groups excluding carboxylic acids is 1. The van der Waals surface area contributed by atoms with Gasteiger partial charge in [0.1, 0.15) is 17.5 Å². The normalized spacial score (nSPS) is 10.1. The summed E-state index contributed by atoms with van der Waals surface area (Å²) >= 11 is 0. The van der Waals surface area contributed by atoms with E-state index in [-0.39, 0.29) is 22.5 Å². The van der Waals surface area contributed by atoms with Crippen LogP contribution in [0.3, 0.4) is 0 Å². The van der Waals surface area contributed by atoms with Crippen molar-refractivity contribution in [2.75, 3.05) is 30.6 Å². The Bertz CT molecular complexity index is 875. The van der Waals surface area contributed by atoms with E-state index in [9.17, 15) is 14.9 Å². The highest BCUT2D eigenvalue weighted by Gasteiger charge is 2.24. The number of anilines is 2. The summed E-state index contributed by atoms with van der Waals surface area (Å²) in [6, 6.07) is 8.70. The molecule has 1 heterocycles. The van der Waals surface area contributed by atoms with Crippen LogP contribution in [0.1, 0.15) is 15.9 Å². The fraction of sp³-hybridized carbons (Fsp3) is 0.133. The van der Waals surface area contributed by atoms with Gasteiger partial charge in [0.15, 0.2) is 0 Å². The Morgan fingerprint density at radius 1 is 1.26 bits per heavy atom. The van der Waals surface area contributed by atoms with Crippen LogP contribution in [0.15, 0.2) is 29.1 Å². The number of hydrogen-bond donors (Lipinski definition) is 3. The van der Waals surface area contributed by atoms with E-state index in [0.717, 1.165) is 5.69 Å². The number of primary amides is 1. The number of hydrogen-bond acceptors (Lipinski definition) is 6. The molecule has 1 aromatic carbocycles. The first kappa shape index (κ1) is 15.9. The van der Waals surface area contributed by atoms with Gasteiger partial charge < -0.3 is 22.2 Å². The van der Waals surface area contributed by atoms with Gasteiger partial charge in [-0.3, -0.25) is 9.59 Å². The molecule has 23 heavy (non-hydrogen) atoms. The summed E-state index contributed by atoms with van der Waals surface area (Å²) in [6.45, 7) is 0. The van der Waals surface area contributed by atoms with Gasteiger partial charge in [0.25, 0.3) is 11.5 Å². The van der Waals surface area contributed by atoms with Crippen LogP contribution in [-0.4, -0.2) is 24.7 Å². The molecule has 0 radical (unpaired) electrons. The van der Waals surface area contributed by atoms with E-state index in [0.29, 0.717) is 10.2 Å². The molecule has 8 nitrogen and oxygen atoms in total. The number of rotatable bonds is 3. The Balaban J connectivity index is 2.87. The van der Waals surface area contributed by atoms with Gasteiger partial charge in [0, 0.05) is 25.3 Å². The van der Waals surface area contributed by atoms with Crippen LogP contribution in [0.4, 0.5) is 11.5 Å². The third-order valence-electron chi connectivity index (χ3n) is 3.48. The quantitative estimate of drug-likeness (QED) is 0.672. The van der Waals surface area contributed by atoms with Crippen molar-refractivity contribution in [2.45, 2.75) is 0 Å². The van der Waals surface area contributed by atoms with Crippen molar-refractivity contribution in [3.8, 4) is 17.2 Å². The number of pyridine rings is 1. The Hall–Kier alpha value is -3.47. The Kier molecular flexibility index (Phi) is 3.96. The lowest BCUT2D eigenvalue weighted by molar-refractivity contribution is 0.100. The lowest BCUT2D eigenvalue weighted by atomic mass is 9.95. The zero-order chi connectivity index (χ0) is 17.3. The summed E-state index contributed by atoms with van der Waals surface area (Å²) in [6.07, 6.45) is 0. The highest BCUT2D eigenvalue weighted by molar-refractivity contribution is 6.05. The van der Waals surface area contributed by atoms with E-state index in [1.807, 2.05) is 19.0 Å². The van der Waals surface area contributed by atoms with E-state index in [1.165, 1.54) is 0 Å². The molecule has 0 saturated carbocycles. The molecule has 0 atom stereocenters. The Morgan fingerprint density at radius 2 is 1.83 bits per heavy atom. The molecule has 0 aliphatic carbocycles. The molecule has 2 rings (SSSR count). The van der Waals surface area contributed by atoms with Gasteiger partial charge in [0.2, 0.25) is 0 Å². The van der Waals surface area contributed by atoms with Crippen LogP contribution >= 0.6 is 0 Å². The molecule has 118 valence electrons. The molecule has 1 amide bonds. The second-order valence-electron chi connectivity index (χ2n) is 5.10. The lowest BCUT2D eigenvalue weighted by Gasteiger charge is -2.16. The number of nitrogens with zero attached hydrogens (tertiary/aromatic N) is 3. The van der Waals surface area contributed by atoms with Gasteiger partial charge in [-0.05, 0) is 17.7 Å². The Morgan fingerprint density at radius 3 is 2.26 bits per heavy atom. The zero-order valence-corrected chi connectivity index (χ0v) is 12.7. The minimum Gasteiger partial charge on any atom is -0.383 e. The van der Waals surface area contributed by atoms with E-state index >= 15 is 0 Å². The van der Waals surface area contributed by atoms with Crippen LogP contribution in [0, 0.1) is 11.3 Å². The molecule has 8 heteroatoms. The first-order chi connectivity index (χ1) is 10.8. The third kappa shape index (κ3) is 2.55. The van der Waals surface area contributed by atoms with Crippen LogP contribution in [0.5, 0.6) is 0 Å². The first-order valence-electron chi connectivity index (χ1n) is 6.60. The molecular formula is C15H16N6O2. The maximum atomic E-state index is 12.1. The van der Waals surface area contributed by atoms with Gasteiger partial charge in [0.05, 0.1) is 5.56 Å². The third-order valence-corrected chi connectivity index (χ3v) is 3.48. The highest BCUT2D eigenvalue weighted by atomic mass is 16.1. The van der Waals surface area contributed by atoms with Crippen LogP contribution in [0.2, 0.25) is 0 Å². The summed E-state index contributed by atoms with van der Waals surface area (Å²) in [7, 11) is 3.75. The predicted octanol–water partition coefficient (Wildman–Crippen LogP) is -0.152. The molecular weight excluding hydrogens is 296 g/mol. The summed E-state index contributed by atoms with van der Waals surface area (Å²) in [5, 5.41) is 9.30. The maximum Gasteiger partial charge on any atom is 0.289 e. The van der Waals surface area contributed by atoms with E-state index in [2.05, 4.69) is 0 Å². The number of nitriles is 1. The number of aromatic nitrogens is 1. The number of nitrogen functional groups attached to an aromatic ring is 2. The van der Waals surface area contributed by atoms with Crippen LogP contribution < -0.4 is 27.8 Å². The SMILES string of the molecule is CN(C)c1ccc(-c2c(C(N)=O)c(N)n(N)c(=O)c2C#N)cc1. The van der Waals surface area contributed by atoms with Crippen molar-refractivity contribution >= 4 is 17.4 Å². The molecule has 0 aliphatic rings. The smallest absolute Gasteiger partial charge is 0.289 e. The van der Waals surface area contributed by atoms with Crippen molar-refractivity contribution in [1.82, 2.24) is 4.68 Å². The molecule has 0 unspecified atom stereocenters. The zero-order valence-electron chi connectivity index (χ0n) is 12.7. The maximum absolute atomic E-state index is 12.1. The Labute approximate surface area is 132 Å². The van der Waals surface area contributed by atoms with Crippen LogP contribution in [0.25, 0.3) is 11.1 Å². The molecule has 6 N–H and O–H groups in total. The molecule has 2 aromatic rings. The van der Waals surface area contributed by atoms with Crippen molar-refractivity contribution in [3.63, 3.8) is 0 Å². The second-order valence-corrected chi connectivity index (χ2v) is 5.10. The lowest BCUT2D eigenvalue weighted by Crippen LogP contribution is -2.35. The minimum absolute atomic E-state index is 0.0921. The van der Waals surface area contributed by atoms with E-state index in [4.69, 9.17) is 17.3 Å². The minimum atomic E-state index is -0.870. The topological polar surface area (TPSA) is 144 Å². The fourth-order valence-electron chi connectivity index (χ4n) is 2.28. The summed E-state index contributed by atoms with van der Waals surface area (Å²) < 4.78 is 0.552. The number of amides is 1. The summed E-state index contributed by atoms with van der Waals surface area (Å²) in [5.41, 5.74) is 11.4. The van der Waals surface area contributed by atoms with Gasteiger partial charge in [-0.15, -0.1) is 0 Å². The molecule has 0 aliphatic heterocycles. The first-order valence-corrected chi connectivity index (χ1v) is 6.60. The summed E-state index contributed by atoms with van der Waals surface area (Å²) in [5.74, 6) is 4.37. The molecule has 0 saturated heterocycles. The van der Waals surface area contributed by atoms with E-state index < -0.39 is 11.5 Å². The van der Waals surface area contributed by atoms with Crippen molar-refractivity contribution < 1.29 is 4.79 Å². The van der Waals surface area contributed by atoms with E-state index in [1.54, 1.807) is 30.3 Å². The average Bonchev–Trinajstić information content (AvgIpc) is 2.52. The second kappa shape index (κ2) is 5.73.